The molecular weight excluding hydrogens is 254 g/mol. The molecule has 0 fully saturated rings. The monoisotopic (exact) mass is 269 g/mol. The summed E-state index contributed by atoms with van der Waals surface area (Å²) in [6, 6.07) is 7.52. The van der Waals surface area contributed by atoms with E-state index in [2.05, 4.69) is 5.32 Å². The van der Waals surface area contributed by atoms with Crippen LogP contribution in [0.15, 0.2) is 24.3 Å². The van der Waals surface area contributed by atoms with E-state index in [1.165, 1.54) is 0 Å². The molecule has 5 heteroatoms. The summed E-state index contributed by atoms with van der Waals surface area (Å²) < 4.78 is 11.3. The number of benzene rings is 1. The largest absolute Gasteiger partial charge is 0.486 e. The summed E-state index contributed by atoms with van der Waals surface area (Å²) in [5, 5.41) is 2.82. The van der Waals surface area contributed by atoms with Crippen LogP contribution in [0.4, 0.5) is 0 Å². The van der Waals surface area contributed by atoms with E-state index in [1.54, 1.807) is 0 Å². The summed E-state index contributed by atoms with van der Waals surface area (Å²) >= 11 is 5.53. The molecule has 1 heterocycles. The van der Waals surface area contributed by atoms with Crippen LogP contribution >= 0.6 is 11.6 Å². The van der Waals surface area contributed by atoms with Crippen molar-refractivity contribution in [3.05, 3.63) is 24.3 Å². The molecule has 1 aromatic rings. The van der Waals surface area contributed by atoms with Crippen LogP contribution < -0.4 is 14.8 Å². The molecule has 0 aromatic heterocycles. The Balaban J connectivity index is 1.78. The fourth-order valence-electron chi connectivity index (χ4n) is 1.71. The lowest BCUT2D eigenvalue weighted by Crippen LogP contribution is -2.40. The predicted octanol–water partition coefficient (Wildman–Crippen LogP) is 1.96. The van der Waals surface area contributed by atoms with Gasteiger partial charge in [-0.25, -0.2) is 0 Å². The number of rotatable bonds is 5. The molecule has 1 atom stereocenters. The van der Waals surface area contributed by atoms with Crippen molar-refractivity contribution in [1.29, 1.82) is 0 Å². The summed E-state index contributed by atoms with van der Waals surface area (Å²) in [5.74, 6) is 1.98. The van der Waals surface area contributed by atoms with Gasteiger partial charge in [0.15, 0.2) is 11.5 Å². The Bertz CT molecular complexity index is 411. The van der Waals surface area contributed by atoms with E-state index in [9.17, 15) is 4.79 Å². The second-order valence-electron chi connectivity index (χ2n) is 4.09. The van der Waals surface area contributed by atoms with E-state index in [0.29, 0.717) is 31.9 Å². The van der Waals surface area contributed by atoms with Crippen LogP contribution in [0.5, 0.6) is 11.5 Å². The smallest absolute Gasteiger partial charge is 0.220 e. The Morgan fingerprint density at radius 3 is 2.94 bits per heavy atom. The van der Waals surface area contributed by atoms with E-state index in [1.807, 2.05) is 24.3 Å². The van der Waals surface area contributed by atoms with Crippen LogP contribution in [0.25, 0.3) is 0 Å². The maximum atomic E-state index is 11.4. The minimum absolute atomic E-state index is 0.00175. The van der Waals surface area contributed by atoms with Gasteiger partial charge in [0.05, 0.1) is 6.54 Å². The van der Waals surface area contributed by atoms with E-state index in [4.69, 9.17) is 21.1 Å². The van der Waals surface area contributed by atoms with Crippen molar-refractivity contribution in [2.75, 3.05) is 19.0 Å². The zero-order chi connectivity index (χ0) is 12.8. The molecule has 0 bridgehead atoms. The van der Waals surface area contributed by atoms with Crippen molar-refractivity contribution in [3.8, 4) is 11.5 Å². The van der Waals surface area contributed by atoms with Crippen LogP contribution in [0, 0.1) is 0 Å². The molecule has 1 unspecified atom stereocenters. The van der Waals surface area contributed by atoms with Crippen molar-refractivity contribution in [3.63, 3.8) is 0 Å². The Morgan fingerprint density at radius 2 is 2.17 bits per heavy atom. The van der Waals surface area contributed by atoms with Gasteiger partial charge in [-0.05, 0) is 18.6 Å². The highest BCUT2D eigenvalue weighted by atomic mass is 35.5. The molecule has 4 nitrogen and oxygen atoms in total. The Kier molecular flexibility index (Phi) is 4.70. The molecule has 98 valence electrons. The standard InChI is InChI=1S/C13H16ClNO3/c14-7-3-6-13(16)15-8-10-9-17-11-4-1-2-5-12(11)18-10/h1-2,4-5,10H,3,6-9H2,(H,15,16). The molecule has 18 heavy (non-hydrogen) atoms. The minimum Gasteiger partial charge on any atom is -0.486 e. The number of ether oxygens (including phenoxy) is 2. The Hall–Kier alpha value is -1.42. The maximum Gasteiger partial charge on any atom is 0.220 e. The van der Waals surface area contributed by atoms with Crippen molar-refractivity contribution >= 4 is 17.5 Å². The second kappa shape index (κ2) is 6.50. The first-order valence-corrected chi connectivity index (χ1v) is 6.54. The van der Waals surface area contributed by atoms with Gasteiger partial charge in [0.25, 0.3) is 0 Å². The number of carbonyl (C=O) groups excluding carboxylic acids is 1. The van der Waals surface area contributed by atoms with Crippen LogP contribution in [0.2, 0.25) is 0 Å². The van der Waals surface area contributed by atoms with Gasteiger partial charge in [-0.1, -0.05) is 12.1 Å². The maximum absolute atomic E-state index is 11.4. The lowest BCUT2D eigenvalue weighted by atomic mass is 10.2. The fourth-order valence-corrected chi connectivity index (χ4v) is 1.84. The molecule has 1 amide bonds. The van der Waals surface area contributed by atoms with E-state index >= 15 is 0 Å². The molecule has 0 aliphatic carbocycles. The topological polar surface area (TPSA) is 47.6 Å². The average molecular weight is 270 g/mol. The van der Waals surface area contributed by atoms with Gasteiger partial charge in [-0.2, -0.15) is 0 Å². The number of para-hydroxylation sites is 2. The van der Waals surface area contributed by atoms with Gasteiger partial charge in [0, 0.05) is 12.3 Å². The third-order valence-electron chi connectivity index (χ3n) is 2.63. The molecule has 0 saturated heterocycles. The highest BCUT2D eigenvalue weighted by molar-refractivity contribution is 6.17. The predicted molar refractivity (Wildman–Crippen MR) is 69.3 cm³/mol. The van der Waals surface area contributed by atoms with E-state index in [0.717, 1.165) is 11.5 Å². The number of hydrogen-bond acceptors (Lipinski definition) is 3. The van der Waals surface area contributed by atoms with Crippen LogP contribution in [0.1, 0.15) is 12.8 Å². The average Bonchev–Trinajstić information content (AvgIpc) is 2.42. The number of nitrogens with one attached hydrogen (secondary N) is 1. The van der Waals surface area contributed by atoms with Gasteiger partial charge >= 0.3 is 0 Å². The highest BCUT2D eigenvalue weighted by Gasteiger charge is 2.20. The molecule has 0 saturated carbocycles. The van der Waals surface area contributed by atoms with E-state index < -0.39 is 0 Å². The molecule has 1 aliphatic rings. The number of halogens is 1. The van der Waals surface area contributed by atoms with Gasteiger partial charge in [-0.3, -0.25) is 4.79 Å². The van der Waals surface area contributed by atoms with Crippen molar-refractivity contribution in [1.82, 2.24) is 5.32 Å². The Morgan fingerprint density at radius 1 is 1.39 bits per heavy atom. The lowest BCUT2D eigenvalue weighted by molar-refractivity contribution is -0.121. The number of hydrogen-bond donors (Lipinski definition) is 1. The van der Waals surface area contributed by atoms with Gasteiger partial charge in [-0.15, -0.1) is 11.6 Å². The molecule has 1 N–H and O–H groups in total. The Labute approximate surface area is 111 Å². The zero-order valence-electron chi connectivity index (χ0n) is 10.0. The van der Waals surface area contributed by atoms with E-state index in [-0.39, 0.29) is 12.0 Å². The molecule has 2 rings (SSSR count). The van der Waals surface area contributed by atoms with Gasteiger partial charge in [0.2, 0.25) is 5.91 Å². The van der Waals surface area contributed by atoms with Gasteiger partial charge in [0.1, 0.15) is 12.7 Å². The normalized spacial score (nSPS) is 17.3. The van der Waals surface area contributed by atoms with Crippen molar-refractivity contribution in [2.45, 2.75) is 18.9 Å². The van der Waals surface area contributed by atoms with Crippen molar-refractivity contribution in [2.24, 2.45) is 0 Å². The number of amides is 1. The summed E-state index contributed by atoms with van der Waals surface area (Å²) in [4.78, 5) is 11.4. The third kappa shape index (κ3) is 3.53. The van der Waals surface area contributed by atoms with Crippen LogP contribution in [0.3, 0.4) is 0 Å². The molecular formula is C13H16ClNO3. The molecule has 0 spiro atoms. The third-order valence-corrected chi connectivity index (χ3v) is 2.90. The van der Waals surface area contributed by atoms with Crippen molar-refractivity contribution < 1.29 is 14.3 Å². The summed E-state index contributed by atoms with van der Waals surface area (Å²) in [7, 11) is 0. The highest BCUT2D eigenvalue weighted by Crippen LogP contribution is 2.30. The fraction of sp³-hybridized carbons (Fsp3) is 0.462. The molecule has 1 aromatic carbocycles. The first-order chi connectivity index (χ1) is 8.79. The summed E-state index contributed by atoms with van der Waals surface area (Å²) in [6.07, 6.45) is 1.01. The van der Waals surface area contributed by atoms with Crippen LogP contribution in [-0.2, 0) is 4.79 Å². The zero-order valence-corrected chi connectivity index (χ0v) is 10.8. The quantitative estimate of drug-likeness (QED) is 0.832. The second-order valence-corrected chi connectivity index (χ2v) is 4.47. The van der Waals surface area contributed by atoms with Gasteiger partial charge < -0.3 is 14.8 Å². The minimum atomic E-state index is -0.139. The first-order valence-electron chi connectivity index (χ1n) is 6.00. The SMILES string of the molecule is O=C(CCCCl)NCC1COc2ccccc2O1. The molecule has 1 aliphatic heterocycles. The molecule has 0 radical (unpaired) electrons. The number of fused-ring (bicyclic) bond motifs is 1. The number of alkyl halides is 1. The lowest BCUT2D eigenvalue weighted by Gasteiger charge is -2.26. The first kappa shape index (κ1) is 13.0. The van der Waals surface area contributed by atoms with Crippen LogP contribution in [-0.4, -0.2) is 31.0 Å². The summed E-state index contributed by atoms with van der Waals surface area (Å²) in [5.41, 5.74) is 0. The summed E-state index contributed by atoms with van der Waals surface area (Å²) in [6.45, 7) is 0.905. The number of carbonyl (C=O) groups is 1.